The van der Waals surface area contributed by atoms with E-state index in [1.165, 1.54) is 13.1 Å². The second-order valence-electron chi connectivity index (χ2n) is 4.45. The van der Waals surface area contributed by atoms with Gasteiger partial charge in [0.05, 0.1) is 14.4 Å². The van der Waals surface area contributed by atoms with E-state index in [0.717, 1.165) is 0 Å². The topological polar surface area (TPSA) is 161 Å². The van der Waals surface area contributed by atoms with Crippen molar-refractivity contribution in [1.82, 2.24) is 10.5 Å². The third-order valence-corrected chi connectivity index (χ3v) is 3.36. The Morgan fingerprint density at radius 3 is 2.86 bits per heavy atom. The Morgan fingerprint density at radius 2 is 2.27 bits per heavy atom. The van der Waals surface area contributed by atoms with Gasteiger partial charge in [-0.25, -0.2) is 10.5 Å². The minimum atomic E-state index is -5.17. The molecule has 2 rings (SSSR count). The van der Waals surface area contributed by atoms with Crippen molar-refractivity contribution < 1.29 is 38.6 Å². The fourth-order valence-corrected chi connectivity index (χ4v) is 2.07. The molecule has 10 nitrogen and oxygen atoms in total. The number of nitrogens with zero attached hydrogens (tertiary/aromatic N) is 1. The molecule has 0 bridgehead atoms. The SMILES string of the molecule is Cc1ncc(COP(=O)([O-])[O-])c(C[NH+]=C2CONC2=O)c1[O-]. The molecule has 1 aromatic rings. The summed E-state index contributed by atoms with van der Waals surface area (Å²) in [5.74, 6) is -0.889. The zero-order valence-electron chi connectivity index (χ0n) is 11.5. The van der Waals surface area contributed by atoms with Crippen molar-refractivity contribution in [3.8, 4) is 5.75 Å². The lowest BCUT2D eigenvalue weighted by Gasteiger charge is -2.29. The Hall–Kier alpha value is -1.84. The van der Waals surface area contributed by atoms with E-state index in [1.54, 1.807) is 0 Å². The monoisotopic (exact) mass is 329 g/mol. The standard InChI is InChI=1S/C11H14N3O7P/c1-6-10(15)8(3-13-9-5-20-14-11(9)16)7(2-12-6)4-21-22(17,18)19/h2,15H,3-5H2,1H3,(H,14,16)(H2,17,18,19)/p-2. The van der Waals surface area contributed by atoms with Gasteiger partial charge < -0.3 is 24.0 Å². The minimum Gasteiger partial charge on any atom is -0.871 e. The highest BCUT2D eigenvalue weighted by Crippen LogP contribution is 2.29. The number of nitrogens with one attached hydrogen (secondary N) is 2. The largest absolute Gasteiger partial charge is 0.871 e. The van der Waals surface area contributed by atoms with Crippen LogP contribution in [-0.2, 0) is 31.9 Å². The lowest BCUT2D eigenvalue weighted by atomic mass is 10.1. The van der Waals surface area contributed by atoms with Crippen molar-refractivity contribution >= 4 is 19.4 Å². The number of rotatable bonds is 5. The molecule has 1 aromatic heterocycles. The van der Waals surface area contributed by atoms with Crippen LogP contribution in [-0.4, -0.2) is 23.2 Å². The van der Waals surface area contributed by atoms with E-state index >= 15 is 0 Å². The number of phosphoric ester groups is 1. The number of hydrogen-bond donors (Lipinski definition) is 2. The Bertz CT molecular complexity index is 670. The van der Waals surface area contributed by atoms with Crippen LogP contribution >= 0.6 is 7.82 Å². The molecule has 0 radical (unpaired) electrons. The summed E-state index contributed by atoms with van der Waals surface area (Å²) in [6.45, 7) is 0.844. The van der Waals surface area contributed by atoms with Crippen molar-refractivity contribution in [2.24, 2.45) is 0 Å². The van der Waals surface area contributed by atoms with E-state index in [9.17, 15) is 24.3 Å². The van der Waals surface area contributed by atoms with E-state index in [2.05, 4.69) is 20.0 Å². The Labute approximate surface area is 125 Å². The number of amides is 1. The summed E-state index contributed by atoms with van der Waals surface area (Å²) in [6.07, 6.45) is 1.25. The predicted molar refractivity (Wildman–Crippen MR) is 64.6 cm³/mol. The van der Waals surface area contributed by atoms with Gasteiger partial charge in [-0.05, 0) is 6.92 Å². The molecule has 120 valence electrons. The molecular formula is C11H12N3O7P-2. The van der Waals surface area contributed by atoms with Crippen LogP contribution in [0.25, 0.3) is 0 Å². The number of hydrogen-bond acceptors (Lipinski definition) is 8. The second kappa shape index (κ2) is 6.51. The van der Waals surface area contributed by atoms with Crippen molar-refractivity contribution in [3.05, 3.63) is 23.0 Å². The molecular weight excluding hydrogens is 317 g/mol. The van der Waals surface area contributed by atoms with Gasteiger partial charge in [0.15, 0.2) is 13.2 Å². The summed E-state index contributed by atoms with van der Waals surface area (Å²) in [5, 5.41) is 12.1. The van der Waals surface area contributed by atoms with Gasteiger partial charge in [-0.1, -0.05) is 5.75 Å². The third kappa shape index (κ3) is 4.09. The summed E-state index contributed by atoms with van der Waals surface area (Å²) < 4.78 is 14.7. The van der Waals surface area contributed by atoms with E-state index in [4.69, 9.17) is 4.84 Å². The van der Waals surface area contributed by atoms with Crippen LogP contribution in [0.4, 0.5) is 0 Å². The molecule has 1 aliphatic heterocycles. The normalized spacial score (nSPS) is 17.0. The number of hydroxylamine groups is 1. The first-order valence-electron chi connectivity index (χ1n) is 6.10. The van der Waals surface area contributed by atoms with Crippen molar-refractivity contribution in [2.75, 3.05) is 6.61 Å². The zero-order chi connectivity index (χ0) is 16.3. The molecule has 0 spiro atoms. The molecule has 1 amide bonds. The number of phosphoric acid groups is 1. The molecule has 0 aliphatic carbocycles. The highest BCUT2D eigenvalue weighted by Gasteiger charge is 2.25. The zero-order valence-corrected chi connectivity index (χ0v) is 12.3. The van der Waals surface area contributed by atoms with Crippen molar-refractivity contribution in [1.29, 1.82) is 0 Å². The van der Waals surface area contributed by atoms with Crippen LogP contribution in [0.1, 0.15) is 16.8 Å². The van der Waals surface area contributed by atoms with Crippen LogP contribution in [0.3, 0.4) is 0 Å². The summed E-state index contributed by atoms with van der Waals surface area (Å²) in [4.78, 5) is 43.6. The molecule has 1 saturated heterocycles. The summed E-state index contributed by atoms with van der Waals surface area (Å²) in [6, 6.07) is 0. The van der Waals surface area contributed by atoms with Crippen LogP contribution in [0, 0.1) is 6.92 Å². The maximum atomic E-state index is 12.1. The lowest BCUT2D eigenvalue weighted by molar-refractivity contribution is -0.476. The summed E-state index contributed by atoms with van der Waals surface area (Å²) in [7, 11) is -5.17. The molecule has 1 fully saturated rings. The minimum absolute atomic E-state index is 0.0131. The number of carbonyl (C=O) groups is 1. The molecule has 0 saturated carbocycles. The van der Waals surface area contributed by atoms with Crippen LogP contribution in [0.2, 0.25) is 0 Å². The highest BCUT2D eigenvalue weighted by atomic mass is 31.2. The highest BCUT2D eigenvalue weighted by molar-refractivity contribution is 7.43. The molecule has 0 unspecified atom stereocenters. The molecule has 0 atom stereocenters. The first-order chi connectivity index (χ1) is 10.3. The van der Waals surface area contributed by atoms with Gasteiger partial charge in [0.2, 0.25) is 0 Å². The van der Waals surface area contributed by atoms with Gasteiger partial charge in [-0.3, -0.25) is 14.6 Å². The lowest BCUT2D eigenvalue weighted by Crippen LogP contribution is -2.73. The van der Waals surface area contributed by atoms with Gasteiger partial charge in [-0.15, -0.1) is 0 Å². The number of pyridine rings is 1. The molecule has 1 aliphatic rings. The van der Waals surface area contributed by atoms with Crippen LogP contribution in [0.15, 0.2) is 6.20 Å². The fourth-order valence-electron chi connectivity index (χ4n) is 1.77. The van der Waals surface area contributed by atoms with E-state index in [-0.39, 0.29) is 35.7 Å². The average Bonchev–Trinajstić information content (AvgIpc) is 2.83. The third-order valence-electron chi connectivity index (χ3n) is 2.92. The molecule has 11 heteroatoms. The maximum Gasteiger partial charge on any atom is 0.337 e. The van der Waals surface area contributed by atoms with E-state index in [0.29, 0.717) is 0 Å². The summed E-state index contributed by atoms with van der Waals surface area (Å²) in [5.41, 5.74) is 2.85. The van der Waals surface area contributed by atoms with Crippen LogP contribution in [0.5, 0.6) is 5.75 Å². The first kappa shape index (κ1) is 16.5. The Morgan fingerprint density at radius 1 is 1.55 bits per heavy atom. The average molecular weight is 329 g/mol. The molecule has 22 heavy (non-hydrogen) atoms. The predicted octanol–water partition coefficient (Wildman–Crippen LogP) is -4.11. The van der Waals surface area contributed by atoms with Crippen molar-refractivity contribution in [2.45, 2.75) is 20.1 Å². The molecule has 0 aromatic carbocycles. The Kier molecular flexibility index (Phi) is 4.89. The van der Waals surface area contributed by atoms with Crippen molar-refractivity contribution in [3.63, 3.8) is 0 Å². The molecule has 2 heterocycles. The maximum absolute atomic E-state index is 12.1. The number of aromatic nitrogens is 1. The first-order valence-corrected chi connectivity index (χ1v) is 7.57. The number of carbonyl (C=O) groups excluding carboxylic acids is 1. The summed E-state index contributed by atoms with van der Waals surface area (Å²) >= 11 is 0. The Balaban J connectivity index is 2.25. The van der Waals surface area contributed by atoms with E-state index in [1.807, 2.05) is 0 Å². The quantitative estimate of drug-likeness (QED) is 0.515. The second-order valence-corrected chi connectivity index (χ2v) is 5.60. The molecule has 2 N–H and O–H groups in total. The fraction of sp³-hybridized carbons (Fsp3) is 0.364. The van der Waals surface area contributed by atoms with E-state index < -0.39 is 26.1 Å². The van der Waals surface area contributed by atoms with Gasteiger partial charge >= 0.3 is 5.91 Å². The van der Waals surface area contributed by atoms with Gasteiger partial charge in [0, 0.05) is 23.0 Å². The van der Waals surface area contributed by atoms with Gasteiger partial charge in [0.25, 0.3) is 5.71 Å². The van der Waals surface area contributed by atoms with Gasteiger partial charge in [0.1, 0.15) is 0 Å². The smallest absolute Gasteiger partial charge is 0.337 e. The number of aryl methyl sites for hydroxylation is 1. The van der Waals surface area contributed by atoms with Crippen LogP contribution < -0.4 is 25.4 Å². The van der Waals surface area contributed by atoms with Gasteiger partial charge in [-0.2, -0.15) is 0 Å².